The van der Waals surface area contributed by atoms with Crippen molar-refractivity contribution in [3.63, 3.8) is 0 Å². The Morgan fingerprint density at radius 3 is 2.50 bits per heavy atom. The van der Waals surface area contributed by atoms with Gasteiger partial charge in [-0.1, -0.05) is 48.0 Å². The Morgan fingerprint density at radius 2 is 1.85 bits per heavy atom. The summed E-state index contributed by atoms with van der Waals surface area (Å²) < 4.78 is 25.8. The third kappa shape index (κ3) is 5.98. The molecule has 0 bridgehead atoms. The van der Waals surface area contributed by atoms with Gasteiger partial charge in [-0.2, -0.15) is 0 Å². The monoisotopic (exact) mass is 392 g/mol. The Morgan fingerprint density at radius 1 is 1.15 bits per heavy atom. The Hall–Kier alpha value is -2.15. The van der Waals surface area contributed by atoms with Crippen molar-refractivity contribution in [2.75, 3.05) is 7.05 Å². The molecule has 0 spiro atoms. The molecule has 2 rings (SSSR count). The zero-order valence-corrected chi connectivity index (χ0v) is 16.2. The van der Waals surface area contributed by atoms with E-state index < -0.39 is 10.0 Å². The largest absolute Gasteiger partial charge is 0.348 e. The molecule has 26 heavy (non-hydrogen) atoms. The number of carbonyl (C=O) groups is 1. The van der Waals surface area contributed by atoms with Crippen molar-refractivity contribution in [2.45, 2.75) is 19.2 Å². The number of hydrogen-bond donors (Lipinski definition) is 2. The van der Waals surface area contributed by atoms with E-state index in [-0.39, 0.29) is 18.2 Å². The third-order valence-corrected chi connectivity index (χ3v) is 5.57. The van der Waals surface area contributed by atoms with Crippen LogP contribution >= 0.6 is 11.6 Å². The van der Waals surface area contributed by atoms with Crippen LogP contribution in [-0.2, 0) is 27.1 Å². The van der Waals surface area contributed by atoms with Crippen molar-refractivity contribution in [1.29, 1.82) is 0 Å². The van der Waals surface area contributed by atoms with Gasteiger partial charge in [-0.05, 0) is 48.4 Å². The predicted octanol–water partition coefficient (Wildman–Crippen LogP) is 3.03. The number of sulfonamides is 1. The van der Waals surface area contributed by atoms with Crippen LogP contribution in [0.25, 0.3) is 6.08 Å². The van der Waals surface area contributed by atoms with Gasteiger partial charge in [0.2, 0.25) is 15.9 Å². The zero-order chi connectivity index (χ0) is 19.2. The minimum Gasteiger partial charge on any atom is -0.348 e. The van der Waals surface area contributed by atoms with Crippen molar-refractivity contribution in [3.8, 4) is 0 Å². The summed E-state index contributed by atoms with van der Waals surface area (Å²) in [6.07, 6.45) is 3.10. The lowest BCUT2D eigenvalue weighted by atomic mass is 10.1. The molecule has 0 saturated carbocycles. The molecule has 0 unspecified atom stereocenters. The van der Waals surface area contributed by atoms with Crippen LogP contribution in [0.15, 0.2) is 48.5 Å². The van der Waals surface area contributed by atoms with Gasteiger partial charge < -0.3 is 5.32 Å². The number of rotatable bonds is 7. The molecule has 0 aliphatic carbocycles. The van der Waals surface area contributed by atoms with E-state index in [0.29, 0.717) is 10.6 Å². The molecular weight excluding hydrogens is 372 g/mol. The van der Waals surface area contributed by atoms with Crippen LogP contribution in [0.3, 0.4) is 0 Å². The first-order valence-corrected chi connectivity index (χ1v) is 10.0. The Labute approximate surface area is 159 Å². The molecule has 0 atom stereocenters. The summed E-state index contributed by atoms with van der Waals surface area (Å²) in [6.45, 7) is 2.15. The molecule has 1 amide bonds. The summed E-state index contributed by atoms with van der Waals surface area (Å²) in [7, 11) is -2.00. The van der Waals surface area contributed by atoms with E-state index in [1.807, 2.05) is 19.1 Å². The molecule has 0 aromatic heterocycles. The minimum absolute atomic E-state index is 0.132. The van der Waals surface area contributed by atoms with Gasteiger partial charge in [0, 0.05) is 17.6 Å². The molecule has 138 valence electrons. The number of benzene rings is 2. The average Bonchev–Trinajstić information content (AvgIpc) is 2.61. The lowest BCUT2D eigenvalue weighted by Crippen LogP contribution is -2.24. The summed E-state index contributed by atoms with van der Waals surface area (Å²) in [5.41, 5.74) is 3.21. The fourth-order valence-electron chi connectivity index (χ4n) is 2.27. The first-order chi connectivity index (χ1) is 12.3. The SMILES string of the molecule is CNS(=O)(=O)Cc1ccccc1CNC(=O)C=Cc1ccc(C)c(Cl)c1. The highest BCUT2D eigenvalue weighted by atomic mass is 35.5. The Bertz CT molecular complexity index is 924. The topological polar surface area (TPSA) is 75.3 Å². The molecule has 2 aromatic carbocycles. The maximum Gasteiger partial charge on any atom is 0.244 e. The summed E-state index contributed by atoms with van der Waals surface area (Å²) >= 11 is 6.06. The second-order valence-corrected chi connectivity index (χ2v) is 8.13. The normalized spacial score (nSPS) is 11.7. The van der Waals surface area contributed by atoms with E-state index in [9.17, 15) is 13.2 Å². The number of aryl methyl sites for hydroxylation is 1. The predicted molar refractivity (Wildman–Crippen MR) is 105 cm³/mol. The van der Waals surface area contributed by atoms with Crippen molar-refractivity contribution in [3.05, 3.63) is 75.8 Å². The molecule has 0 fully saturated rings. The first kappa shape index (κ1) is 20.2. The van der Waals surface area contributed by atoms with Crippen LogP contribution in [-0.4, -0.2) is 21.4 Å². The molecule has 0 aliphatic heterocycles. The number of carbonyl (C=O) groups excluding carboxylic acids is 1. The fraction of sp³-hybridized carbons (Fsp3) is 0.211. The van der Waals surface area contributed by atoms with Crippen LogP contribution in [0.2, 0.25) is 5.02 Å². The summed E-state index contributed by atoms with van der Waals surface area (Å²) in [5, 5.41) is 3.41. The van der Waals surface area contributed by atoms with Crippen molar-refractivity contribution < 1.29 is 13.2 Å². The number of nitrogens with one attached hydrogen (secondary N) is 2. The lowest BCUT2D eigenvalue weighted by Gasteiger charge is -2.10. The van der Waals surface area contributed by atoms with Gasteiger partial charge in [0.15, 0.2) is 0 Å². The Kier molecular flexibility index (Phi) is 6.97. The van der Waals surface area contributed by atoms with E-state index in [0.717, 1.165) is 16.7 Å². The minimum atomic E-state index is -3.38. The molecule has 5 nitrogen and oxygen atoms in total. The second-order valence-electron chi connectivity index (χ2n) is 5.79. The maximum absolute atomic E-state index is 12.0. The number of halogens is 1. The first-order valence-electron chi connectivity index (χ1n) is 8.01. The van der Waals surface area contributed by atoms with E-state index in [4.69, 9.17) is 11.6 Å². The second kappa shape index (κ2) is 8.98. The van der Waals surface area contributed by atoms with Crippen LogP contribution in [0.4, 0.5) is 0 Å². The Balaban J connectivity index is 2.01. The molecule has 2 aromatic rings. The van der Waals surface area contributed by atoms with Gasteiger partial charge in [0.25, 0.3) is 0 Å². The number of amides is 1. The fourth-order valence-corrected chi connectivity index (χ4v) is 3.30. The highest BCUT2D eigenvalue weighted by Crippen LogP contribution is 2.17. The van der Waals surface area contributed by atoms with Gasteiger partial charge in [-0.15, -0.1) is 0 Å². The standard InChI is InChI=1S/C19H21ClN2O3S/c1-14-7-8-15(11-18(14)20)9-10-19(23)22-12-16-5-3-4-6-17(16)13-26(24,25)21-2/h3-11,21H,12-13H2,1-2H3,(H,22,23). The quantitative estimate of drug-likeness (QED) is 0.711. The van der Waals surface area contributed by atoms with E-state index in [1.165, 1.54) is 13.1 Å². The molecular formula is C19H21ClN2O3S. The van der Waals surface area contributed by atoms with Crippen LogP contribution < -0.4 is 10.0 Å². The molecule has 0 aliphatic rings. The number of hydrogen-bond acceptors (Lipinski definition) is 3. The lowest BCUT2D eigenvalue weighted by molar-refractivity contribution is -0.116. The van der Waals surface area contributed by atoms with Crippen molar-refractivity contribution in [1.82, 2.24) is 10.0 Å². The van der Waals surface area contributed by atoms with E-state index >= 15 is 0 Å². The highest BCUT2D eigenvalue weighted by molar-refractivity contribution is 7.88. The van der Waals surface area contributed by atoms with Crippen molar-refractivity contribution in [2.24, 2.45) is 0 Å². The summed E-state index contributed by atoms with van der Waals surface area (Å²) in [4.78, 5) is 12.0. The van der Waals surface area contributed by atoms with Gasteiger partial charge >= 0.3 is 0 Å². The van der Waals surface area contributed by atoms with E-state index in [1.54, 1.807) is 36.4 Å². The molecule has 7 heteroatoms. The van der Waals surface area contributed by atoms with Crippen LogP contribution in [0.5, 0.6) is 0 Å². The van der Waals surface area contributed by atoms with Gasteiger partial charge in [0.1, 0.15) is 0 Å². The molecule has 0 saturated heterocycles. The smallest absolute Gasteiger partial charge is 0.244 e. The highest BCUT2D eigenvalue weighted by Gasteiger charge is 2.12. The van der Waals surface area contributed by atoms with Crippen molar-refractivity contribution >= 4 is 33.6 Å². The molecule has 0 radical (unpaired) electrons. The molecule has 2 N–H and O–H groups in total. The van der Waals surface area contributed by atoms with E-state index in [2.05, 4.69) is 10.0 Å². The third-order valence-electron chi connectivity index (χ3n) is 3.85. The zero-order valence-electron chi connectivity index (χ0n) is 14.6. The van der Waals surface area contributed by atoms with Gasteiger partial charge in [0.05, 0.1) is 5.75 Å². The van der Waals surface area contributed by atoms with Crippen LogP contribution in [0.1, 0.15) is 22.3 Å². The maximum atomic E-state index is 12.0. The summed E-state index contributed by atoms with van der Waals surface area (Å²) in [6, 6.07) is 12.7. The van der Waals surface area contributed by atoms with Gasteiger partial charge in [-0.25, -0.2) is 13.1 Å². The van der Waals surface area contributed by atoms with Crippen LogP contribution in [0, 0.1) is 6.92 Å². The van der Waals surface area contributed by atoms with Gasteiger partial charge in [-0.3, -0.25) is 4.79 Å². The summed E-state index contributed by atoms with van der Waals surface area (Å²) in [5.74, 6) is -0.402. The average molecular weight is 393 g/mol. The molecule has 0 heterocycles.